The first-order valence-electron chi connectivity index (χ1n) is 9.21. The highest BCUT2D eigenvalue weighted by Gasteiger charge is 2.31. The zero-order valence-corrected chi connectivity index (χ0v) is 16.3. The van der Waals surface area contributed by atoms with E-state index in [4.69, 9.17) is 4.74 Å². The molecule has 0 N–H and O–H groups in total. The van der Waals surface area contributed by atoms with Crippen molar-refractivity contribution in [3.05, 3.63) is 60.2 Å². The van der Waals surface area contributed by atoms with E-state index in [0.29, 0.717) is 12.2 Å². The lowest BCUT2D eigenvalue weighted by Gasteiger charge is -2.35. The Morgan fingerprint density at radius 1 is 0.926 bits per heavy atom. The molecule has 3 aromatic carbocycles. The average molecular weight is 363 g/mol. The van der Waals surface area contributed by atoms with Gasteiger partial charge in [0.1, 0.15) is 6.54 Å². The fraction of sp³-hybridized carbons (Fsp3) is 0.304. The standard InChI is InChI=1S/C23H25NO3/c1-5-27-21(25)15-24(23(2,3)4)22(26)20-14-16-10-6-7-11-17(16)18-12-8-9-13-19(18)20/h6-14H,5,15H2,1-4H3. The van der Waals surface area contributed by atoms with Crippen LogP contribution in [0.3, 0.4) is 0 Å². The van der Waals surface area contributed by atoms with Crippen LogP contribution in [0, 0.1) is 0 Å². The first kappa shape index (κ1) is 18.9. The number of benzene rings is 3. The molecule has 0 spiro atoms. The number of hydrogen-bond donors (Lipinski definition) is 0. The zero-order chi connectivity index (χ0) is 19.6. The molecule has 140 valence electrons. The van der Waals surface area contributed by atoms with Crippen molar-refractivity contribution in [1.29, 1.82) is 0 Å². The SMILES string of the molecule is CCOC(=O)CN(C(=O)c1cc2ccccc2c2ccccc12)C(C)(C)C. The van der Waals surface area contributed by atoms with Crippen molar-refractivity contribution in [2.45, 2.75) is 33.2 Å². The quantitative estimate of drug-likeness (QED) is 0.494. The third kappa shape index (κ3) is 3.80. The van der Waals surface area contributed by atoms with Crippen LogP contribution in [0.15, 0.2) is 54.6 Å². The van der Waals surface area contributed by atoms with Gasteiger partial charge in [-0.1, -0.05) is 48.5 Å². The van der Waals surface area contributed by atoms with Crippen LogP contribution in [0.1, 0.15) is 38.1 Å². The maximum Gasteiger partial charge on any atom is 0.325 e. The van der Waals surface area contributed by atoms with E-state index in [1.807, 2.05) is 69.3 Å². The lowest BCUT2D eigenvalue weighted by Crippen LogP contribution is -2.48. The zero-order valence-electron chi connectivity index (χ0n) is 16.3. The molecule has 0 aliphatic rings. The lowest BCUT2D eigenvalue weighted by atomic mass is 9.95. The van der Waals surface area contributed by atoms with E-state index in [1.165, 1.54) is 0 Å². The summed E-state index contributed by atoms with van der Waals surface area (Å²) in [5, 5.41) is 4.03. The highest BCUT2D eigenvalue weighted by Crippen LogP contribution is 2.30. The molecule has 3 aromatic rings. The smallest absolute Gasteiger partial charge is 0.325 e. The summed E-state index contributed by atoms with van der Waals surface area (Å²) in [7, 11) is 0. The number of carbonyl (C=O) groups excluding carboxylic acids is 2. The van der Waals surface area contributed by atoms with Crippen molar-refractivity contribution in [2.24, 2.45) is 0 Å². The summed E-state index contributed by atoms with van der Waals surface area (Å²) < 4.78 is 5.08. The number of esters is 1. The van der Waals surface area contributed by atoms with Crippen LogP contribution in [-0.2, 0) is 9.53 Å². The van der Waals surface area contributed by atoms with E-state index >= 15 is 0 Å². The molecule has 0 saturated carbocycles. The van der Waals surface area contributed by atoms with Gasteiger partial charge in [-0.15, -0.1) is 0 Å². The molecule has 0 radical (unpaired) electrons. The predicted octanol–water partition coefficient (Wildman–Crippen LogP) is 4.80. The maximum atomic E-state index is 13.5. The molecular formula is C23H25NO3. The van der Waals surface area contributed by atoms with E-state index in [9.17, 15) is 9.59 Å². The highest BCUT2D eigenvalue weighted by atomic mass is 16.5. The van der Waals surface area contributed by atoms with Crippen molar-refractivity contribution in [2.75, 3.05) is 13.2 Å². The lowest BCUT2D eigenvalue weighted by molar-refractivity contribution is -0.144. The van der Waals surface area contributed by atoms with E-state index in [1.54, 1.807) is 11.8 Å². The number of nitrogens with zero attached hydrogens (tertiary/aromatic N) is 1. The van der Waals surface area contributed by atoms with Gasteiger partial charge in [-0.25, -0.2) is 0 Å². The number of carbonyl (C=O) groups is 2. The van der Waals surface area contributed by atoms with Crippen molar-refractivity contribution < 1.29 is 14.3 Å². The average Bonchev–Trinajstić information content (AvgIpc) is 2.64. The molecule has 0 unspecified atom stereocenters. The Hall–Kier alpha value is -2.88. The summed E-state index contributed by atoms with van der Waals surface area (Å²) in [5.41, 5.74) is 0.0832. The second kappa shape index (κ2) is 7.39. The van der Waals surface area contributed by atoms with Crippen molar-refractivity contribution in [3.8, 4) is 0 Å². The van der Waals surface area contributed by atoms with Crippen molar-refractivity contribution in [3.63, 3.8) is 0 Å². The molecule has 3 rings (SSSR count). The van der Waals surface area contributed by atoms with Gasteiger partial charge >= 0.3 is 5.97 Å². The summed E-state index contributed by atoms with van der Waals surface area (Å²) in [6.07, 6.45) is 0. The minimum atomic E-state index is -0.517. The van der Waals surface area contributed by atoms with Gasteiger partial charge in [0, 0.05) is 11.1 Å². The van der Waals surface area contributed by atoms with Crippen molar-refractivity contribution >= 4 is 33.4 Å². The molecule has 0 heterocycles. The Morgan fingerprint density at radius 3 is 2.15 bits per heavy atom. The Bertz CT molecular complexity index is 1000. The van der Waals surface area contributed by atoms with Gasteiger partial charge in [0.2, 0.25) is 0 Å². The van der Waals surface area contributed by atoms with Crippen molar-refractivity contribution in [1.82, 2.24) is 4.90 Å². The van der Waals surface area contributed by atoms with Gasteiger partial charge in [0.15, 0.2) is 0 Å². The van der Waals surface area contributed by atoms with Gasteiger partial charge in [0.05, 0.1) is 6.61 Å². The molecule has 4 heteroatoms. The number of ether oxygens (including phenoxy) is 1. The third-order valence-electron chi connectivity index (χ3n) is 4.65. The summed E-state index contributed by atoms with van der Waals surface area (Å²) in [6, 6.07) is 17.8. The molecule has 0 saturated heterocycles. The van der Waals surface area contributed by atoms with Gasteiger partial charge in [0.25, 0.3) is 5.91 Å². The summed E-state index contributed by atoms with van der Waals surface area (Å²) in [5.74, 6) is -0.566. The van der Waals surface area contributed by atoms with E-state index in [2.05, 4.69) is 6.07 Å². The van der Waals surface area contributed by atoms with E-state index in [0.717, 1.165) is 21.5 Å². The highest BCUT2D eigenvalue weighted by molar-refractivity contribution is 6.17. The number of hydrogen-bond acceptors (Lipinski definition) is 3. The topological polar surface area (TPSA) is 46.6 Å². The molecule has 0 aliphatic heterocycles. The number of rotatable bonds is 4. The molecule has 1 amide bonds. The molecule has 0 atom stereocenters. The van der Waals surface area contributed by atoms with Gasteiger partial charge < -0.3 is 9.64 Å². The minimum absolute atomic E-state index is 0.0721. The van der Waals surface area contributed by atoms with Gasteiger partial charge in [-0.3, -0.25) is 9.59 Å². The summed E-state index contributed by atoms with van der Waals surface area (Å²) in [4.78, 5) is 27.2. The third-order valence-corrected chi connectivity index (χ3v) is 4.65. The molecule has 0 fully saturated rings. The van der Waals surface area contributed by atoms with Crippen LogP contribution >= 0.6 is 0 Å². The Balaban J connectivity index is 2.16. The first-order chi connectivity index (χ1) is 12.8. The molecule has 0 aliphatic carbocycles. The minimum Gasteiger partial charge on any atom is -0.465 e. The van der Waals surface area contributed by atoms with Gasteiger partial charge in [-0.05, 0) is 55.3 Å². The normalized spacial score (nSPS) is 11.6. The van der Waals surface area contributed by atoms with Crippen LogP contribution in [0.25, 0.3) is 21.5 Å². The van der Waals surface area contributed by atoms with Gasteiger partial charge in [-0.2, -0.15) is 0 Å². The Kier molecular flexibility index (Phi) is 5.17. The molecule has 0 aromatic heterocycles. The van der Waals surface area contributed by atoms with Crippen LogP contribution in [0.5, 0.6) is 0 Å². The predicted molar refractivity (Wildman–Crippen MR) is 109 cm³/mol. The summed E-state index contributed by atoms with van der Waals surface area (Å²) >= 11 is 0. The Morgan fingerprint density at radius 2 is 1.52 bits per heavy atom. The molecule has 27 heavy (non-hydrogen) atoms. The molecule has 0 bridgehead atoms. The summed E-state index contributed by atoms with van der Waals surface area (Å²) in [6.45, 7) is 7.76. The number of amides is 1. The van der Waals surface area contributed by atoms with E-state index in [-0.39, 0.29) is 12.5 Å². The number of fused-ring (bicyclic) bond motifs is 3. The van der Waals surface area contributed by atoms with Crippen LogP contribution < -0.4 is 0 Å². The molecule has 4 nitrogen and oxygen atoms in total. The second-order valence-electron chi connectivity index (χ2n) is 7.56. The first-order valence-corrected chi connectivity index (χ1v) is 9.21. The van der Waals surface area contributed by atoms with Crippen LogP contribution in [0.4, 0.5) is 0 Å². The van der Waals surface area contributed by atoms with Crippen LogP contribution in [0.2, 0.25) is 0 Å². The van der Waals surface area contributed by atoms with Crippen LogP contribution in [-0.4, -0.2) is 35.5 Å². The monoisotopic (exact) mass is 363 g/mol. The maximum absolute atomic E-state index is 13.5. The fourth-order valence-electron chi connectivity index (χ4n) is 3.33. The second-order valence-corrected chi connectivity index (χ2v) is 7.56. The van der Waals surface area contributed by atoms with E-state index < -0.39 is 11.5 Å². The molecular weight excluding hydrogens is 338 g/mol. The Labute approximate surface area is 159 Å². The fourth-order valence-corrected chi connectivity index (χ4v) is 3.33. The largest absolute Gasteiger partial charge is 0.465 e.